The number of carbonyl (C=O) groups excluding carboxylic acids is 1. The standard InChI is InChI=1S/C15H16N2O5/c1-9-6-7-10(17(21)22)8-13(9)16-14(18)11-4-2-3-5-12(11)15(19)20/h2-3,6-8,11-12H,4-5H2,1H3,(H,16,18)(H,19,20)/t11-,12+/m1/s1. The second kappa shape index (κ2) is 6.38. The number of nitro benzene ring substituents is 1. The normalized spacial score (nSPS) is 20.4. The zero-order valence-electron chi connectivity index (χ0n) is 12.0. The number of nitrogens with zero attached hydrogens (tertiary/aromatic N) is 1. The van der Waals surface area contributed by atoms with Gasteiger partial charge in [0.05, 0.1) is 22.4 Å². The molecule has 0 unspecified atom stereocenters. The van der Waals surface area contributed by atoms with Crippen molar-refractivity contribution < 1.29 is 19.6 Å². The number of carbonyl (C=O) groups is 2. The molecule has 0 fully saturated rings. The van der Waals surface area contributed by atoms with Crippen LogP contribution in [0.2, 0.25) is 0 Å². The van der Waals surface area contributed by atoms with E-state index < -0.39 is 28.6 Å². The molecule has 116 valence electrons. The number of aliphatic carboxylic acids is 1. The van der Waals surface area contributed by atoms with Gasteiger partial charge in [0.25, 0.3) is 5.69 Å². The Morgan fingerprint density at radius 2 is 1.91 bits per heavy atom. The topological polar surface area (TPSA) is 110 Å². The van der Waals surface area contributed by atoms with Crippen molar-refractivity contribution in [3.8, 4) is 0 Å². The van der Waals surface area contributed by atoms with Gasteiger partial charge in [-0.1, -0.05) is 18.2 Å². The molecule has 7 nitrogen and oxygen atoms in total. The van der Waals surface area contributed by atoms with Crippen LogP contribution < -0.4 is 5.32 Å². The van der Waals surface area contributed by atoms with Gasteiger partial charge in [-0.15, -0.1) is 0 Å². The molecule has 7 heteroatoms. The molecular formula is C15H16N2O5. The van der Waals surface area contributed by atoms with E-state index in [-0.39, 0.29) is 5.69 Å². The van der Waals surface area contributed by atoms with Crippen LogP contribution in [-0.4, -0.2) is 21.9 Å². The number of hydrogen-bond acceptors (Lipinski definition) is 4. The van der Waals surface area contributed by atoms with Crippen LogP contribution in [0.5, 0.6) is 0 Å². The van der Waals surface area contributed by atoms with E-state index in [0.717, 1.165) is 0 Å². The molecule has 1 aromatic rings. The van der Waals surface area contributed by atoms with Gasteiger partial charge in [-0.05, 0) is 25.3 Å². The highest BCUT2D eigenvalue weighted by Gasteiger charge is 2.34. The molecule has 22 heavy (non-hydrogen) atoms. The zero-order valence-corrected chi connectivity index (χ0v) is 12.0. The minimum Gasteiger partial charge on any atom is -0.481 e. The van der Waals surface area contributed by atoms with E-state index in [1.165, 1.54) is 12.1 Å². The molecule has 0 bridgehead atoms. The van der Waals surface area contributed by atoms with Crippen LogP contribution in [0.15, 0.2) is 30.4 Å². The fourth-order valence-corrected chi connectivity index (χ4v) is 2.46. The molecule has 2 atom stereocenters. The van der Waals surface area contributed by atoms with E-state index in [4.69, 9.17) is 0 Å². The molecule has 2 N–H and O–H groups in total. The molecule has 1 aromatic carbocycles. The lowest BCUT2D eigenvalue weighted by Crippen LogP contribution is -2.34. The fourth-order valence-electron chi connectivity index (χ4n) is 2.46. The Labute approximate surface area is 126 Å². The molecular weight excluding hydrogens is 288 g/mol. The Hall–Kier alpha value is -2.70. The first-order valence-corrected chi connectivity index (χ1v) is 6.84. The van der Waals surface area contributed by atoms with Crippen LogP contribution in [0.1, 0.15) is 18.4 Å². The quantitative estimate of drug-likeness (QED) is 0.504. The number of hydrogen-bond donors (Lipinski definition) is 2. The number of amides is 1. The van der Waals surface area contributed by atoms with Gasteiger partial charge in [0.1, 0.15) is 0 Å². The first-order valence-electron chi connectivity index (χ1n) is 6.84. The number of anilines is 1. The second-order valence-corrected chi connectivity index (χ2v) is 5.24. The Balaban J connectivity index is 2.21. The van der Waals surface area contributed by atoms with E-state index in [0.29, 0.717) is 24.1 Å². The van der Waals surface area contributed by atoms with Crippen molar-refractivity contribution in [3.05, 3.63) is 46.0 Å². The van der Waals surface area contributed by atoms with E-state index in [9.17, 15) is 24.8 Å². The van der Waals surface area contributed by atoms with Crippen molar-refractivity contribution in [1.82, 2.24) is 0 Å². The Morgan fingerprint density at radius 3 is 2.50 bits per heavy atom. The van der Waals surface area contributed by atoms with Gasteiger partial charge in [-0.25, -0.2) is 0 Å². The van der Waals surface area contributed by atoms with Crippen LogP contribution in [0, 0.1) is 28.9 Å². The average molecular weight is 304 g/mol. The summed E-state index contributed by atoms with van der Waals surface area (Å²) in [6, 6.07) is 4.18. The third kappa shape index (κ3) is 3.30. The van der Waals surface area contributed by atoms with Crippen molar-refractivity contribution in [2.24, 2.45) is 11.8 Å². The molecule has 0 saturated heterocycles. The summed E-state index contributed by atoms with van der Waals surface area (Å²) in [5.74, 6) is -2.90. The summed E-state index contributed by atoms with van der Waals surface area (Å²) < 4.78 is 0. The van der Waals surface area contributed by atoms with Gasteiger partial charge < -0.3 is 10.4 Å². The lowest BCUT2D eigenvalue weighted by Gasteiger charge is -2.24. The predicted molar refractivity (Wildman–Crippen MR) is 79.5 cm³/mol. The SMILES string of the molecule is Cc1ccc([N+](=O)[O-])cc1NC(=O)[C@@H]1CC=CC[C@@H]1C(=O)O. The fraction of sp³-hybridized carbons (Fsp3) is 0.333. The maximum absolute atomic E-state index is 12.3. The number of benzene rings is 1. The number of aryl methyl sites for hydroxylation is 1. The number of carboxylic acid groups (broad SMARTS) is 1. The number of nitro groups is 1. The summed E-state index contributed by atoms with van der Waals surface area (Å²) in [5.41, 5.74) is 0.884. The Kier molecular flexibility index (Phi) is 4.55. The summed E-state index contributed by atoms with van der Waals surface area (Å²) in [5, 5.41) is 22.6. The lowest BCUT2D eigenvalue weighted by atomic mass is 9.82. The zero-order chi connectivity index (χ0) is 16.3. The van der Waals surface area contributed by atoms with E-state index >= 15 is 0 Å². The highest BCUT2D eigenvalue weighted by Crippen LogP contribution is 2.28. The maximum atomic E-state index is 12.3. The van der Waals surface area contributed by atoms with Crippen LogP contribution >= 0.6 is 0 Å². The van der Waals surface area contributed by atoms with Gasteiger partial charge in [-0.3, -0.25) is 19.7 Å². The van der Waals surface area contributed by atoms with E-state index in [2.05, 4.69) is 5.32 Å². The molecule has 1 aliphatic rings. The minimum atomic E-state index is -1.01. The van der Waals surface area contributed by atoms with Gasteiger partial charge in [-0.2, -0.15) is 0 Å². The van der Waals surface area contributed by atoms with Gasteiger partial charge >= 0.3 is 5.97 Å². The van der Waals surface area contributed by atoms with Gasteiger partial charge in [0.15, 0.2) is 0 Å². The third-order valence-electron chi connectivity index (χ3n) is 3.78. The molecule has 1 amide bonds. The molecule has 0 aliphatic heterocycles. The largest absolute Gasteiger partial charge is 0.481 e. The number of allylic oxidation sites excluding steroid dienone is 2. The van der Waals surface area contributed by atoms with Gasteiger partial charge in [0, 0.05) is 12.1 Å². The third-order valence-corrected chi connectivity index (χ3v) is 3.78. The molecule has 0 radical (unpaired) electrons. The maximum Gasteiger partial charge on any atom is 0.307 e. The molecule has 0 spiro atoms. The van der Waals surface area contributed by atoms with Crippen LogP contribution in [0.25, 0.3) is 0 Å². The summed E-state index contributed by atoms with van der Waals surface area (Å²) >= 11 is 0. The molecule has 0 saturated carbocycles. The second-order valence-electron chi connectivity index (χ2n) is 5.24. The number of rotatable bonds is 4. The minimum absolute atomic E-state index is 0.126. The van der Waals surface area contributed by atoms with Gasteiger partial charge in [0.2, 0.25) is 5.91 Å². The first-order chi connectivity index (χ1) is 10.4. The summed E-state index contributed by atoms with van der Waals surface area (Å²) in [4.78, 5) is 33.8. The number of nitrogens with one attached hydrogen (secondary N) is 1. The smallest absolute Gasteiger partial charge is 0.307 e. The van der Waals surface area contributed by atoms with Crippen molar-refractivity contribution >= 4 is 23.3 Å². The van der Waals surface area contributed by atoms with Crippen LogP contribution in [0.3, 0.4) is 0 Å². The Morgan fingerprint density at radius 1 is 1.27 bits per heavy atom. The molecule has 0 heterocycles. The molecule has 2 rings (SSSR count). The van der Waals surface area contributed by atoms with Crippen LogP contribution in [0.4, 0.5) is 11.4 Å². The molecule has 0 aromatic heterocycles. The number of non-ortho nitro benzene ring substituents is 1. The summed E-state index contributed by atoms with van der Waals surface area (Å²) in [6.07, 6.45) is 4.18. The van der Waals surface area contributed by atoms with Crippen LogP contribution in [-0.2, 0) is 9.59 Å². The lowest BCUT2D eigenvalue weighted by molar-refractivity contribution is -0.384. The highest BCUT2D eigenvalue weighted by molar-refractivity contribution is 5.96. The monoisotopic (exact) mass is 304 g/mol. The van der Waals surface area contributed by atoms with E-state index in [1.807, 2.05) is 0 Å². The summed E-state index contributed by atoms with van der Waals surface area (Å²) in [7, 11) is 0. The van der Waals surface area contributed by atoms with Crippen molar-refractivity contribution in [2.75, 3.05) is 5.32 Å². The summed E-state index contributed by atoms with van der Waals surface area (Å²) in [6.45, 7) is 1.72. The Bertz CT molecular complexity index is 653. The predicted octanol–water partition coefficient (Wildman–Crippen LogP) is 2.51. The van der Waals surface area contributed by atoms with Crippen molar-refractivity contribution in [2.45, 2.75) is 19.8 Å². The first kappa shape index (κ1) is 15.7. The average Bonchev–Trinajstić information content (AvgIpc) is 2.49. The van der Waals surface area contributed by atoms with Crippen molar-refractivity contribution in [1.29, 1.82) is 0 Å². The van der Waals surface area contributed by atoms with E-state index in [1.54, 1.807) is 25.1 Å². The molecule has 1 aliphatic carbocycles. The highest BCUT2D eigenvalue weighted by atomic mass is 16.6. The van der Waals surface area contributed by atoms with Crippen molar-refractivity contribution in [3.63, 3.8) is 0 Å². The number of carboxylic acids is 1.